The highest BCUT2D eigenvalue weighted by Gasteiger charge is 2.06. The molecule has 3 nitrogen and oxygen atoms in total. The predicted octanol–water partition coefficient (Wildman–Crippen LogP) is 2.55. The van der Waals surface area contributed by atoms with Crippen molar-refractivity contribution in [3.8, 4) is 0 Å². The van der Waals surface area contributed by atoms with Crippen molar-refractivity contribution in [2.75, 3.05) is 18.0 Å². The standard InChI is InChI=1S/C9H17N3S/c1-3-5-7-12(6-4-2)9-8-13-11-10-9/h8H,3-7H2,1-2H3. The molecule has 74 valence electrons. The lowest BCUT2D eigenvalue weighted by molar-refractivity contribution is 0.695. The molecule has 0 bridgehead atoms. The Morgan fingerprint density at radius 3 is 2.69 bits per heavy atom. The van der Waals surface area contributed by atoms with E-state index >= 15 is 0 Å². The smallest absolute Gasteiger partial charge is 0.163 e. The molecule has 0 saturated heterocycles. The lowest BCUT2D eigenvalue weighted by Crippen LogP contribution is -2.25. The molecule has 1 aromatic heterocycles. The molecule has 0 N–H and O–H groups in total. The van der Waals surface area contributed by atoms with Crippen LogP contribution >= 0.6 is 11.5 Å². The summed E-state index contributed by atoms with van der Waals surface area (Å²) in [5.74, 6) is 1.04. The summed E-state index contributed by atoms with van der Waals surface area (Å²) in [4.78, 5) is 2.31. The van der Waals surface area contributed by atoms with Crippen LogP contribution < -0.4 is 4.90 Å². The zero-order valence-electron chi connectivity index (χ0n) is 8.36. The van der Waals surface area contributed by atoms with Crippen molar-refractivity contribution in [1.29, 1.82) is 0 Å². The van der Waals surface area contributed by atoms with Gasteiger partial charge in [0.15, 0.2) is 5.82 Å². The van der Waals surface area contributed by atoms with Crippen LogP contribution in [0.5, 0.6) is 0 Å². The van der Waals surface area contributed by atoms with Crippen LogP contribution in [0.25, 0.3) is 0 Å². The third-order valence-electron chi connectivity index (χ3n) is 1.95. The van der Waals surface area contributed by atoms with Crippen LogP contribution in [0.4, 0.5) is 5.82 Å². The summed E-state index contributed by atoms with van der Waals surface area (Å²) in [7, 11) is 0. The lowest BCUT2D eigenvalue weighted by atomic mass is 10.3. The van der Waals surface area contributed by atoms with Crippen molar-refractivity contribution in [3.05, 3.63) is 5.38 Å². The van der Waals surface area contributed by atoms with Gasteiger partial charge in [0.05, 0.1) is 5.38 Å². The van der Waals surface area contributed by atoms with Crippen LogP contribution in [0.15, 0.2) is 5.38 Å². The van der Waals surface area contributed by atoms with Gasteiger partial charge in [0.2, 0.25) is 0 Å². The molecule has 0 fully saturated rings. The average molecular weight is 199 g/mol. The Kier molecular flexibility index (Phi) is 4.75. The first kappa shape index (κ1) is 10.4. The van der Waals surface area contributed by atoms with E-state index in [-0.39, 0.29) is 0 Å². The highest BCUT2D eigenvalue weighted by molar-refractivity contribution is 7.03. The molecule has 1 aromatic rings. The minimum atomic E-state index is 1.04. The van der Waals surface area contributed by atoms with Gasteiger partial charge in [-0.05, 0) is 24.4 Å². The molecule has 1 heterocycles. The van der Waals surface area contributed by atoms with Gasteiger partial charge < -0.3 is 4.90 Å². The van der Waals surface area contributed by atoms with Gasteiger partial charge in [-0.2, -0.15) is 0 Å². The van der Waals surface area contributed by atoms with Gasteiger partial charge in [-0.15, -0.1) is 5.10 Å². The fraction of sp³-hybridized carbons (Fsp3) is 0.778. The van der Waals surface area contributed by atoms with Crippen molar-refractivity contribution >= 4 is 17.4 Å². The van der Waals surface area contributed by atoms with Crippen molar-refractivity contribution in [1.82, 2.24) is 9.59 Å². The summed E-state index contributed by atoms with van der Waals surface area (Å²) in [6, 6.07) is 0. The zero-order valence-corrected chi connectivity index (χ0v) is 9.18. The fourth-order valence-electron chi connectivity index (χ4n) is 1.26. The molecule has 0 atom stereocenters. The average Bonchev–Trinajstić information content (AvgIpc) is 2.65. The van der Waals surface area contributed by atoms with Gasteiger partial charge in [0, 0.05) is 13.1 Å². The summed E-state index contributed by atoms with van der Waals surface area (Å²) in [6.45, 7) is 6.60. The normalized spacial score (nSPS) is 10.3. The second kappa shape index (κ2) is 5.91. The Balaban J connectivity index is 2.47. The minimum absolute atomic E-state index is 1.04. The van der Waals surface area contributed by atoms with Crippen molar-refractivity contribution in [2.24, 2.45) is 0 Å². The number of hydrogen-bond acceptors (Lipinski definition) is 4. The third kappa shape index (κ3) is 3.30. The molecule has 0 spiro atoms. The molecule has 0 saturated carbocycles. The molecular weight excluding hydrogens is 182 g/mol. The van der Waals surface area contributed by atoms with Crippen LogP contribution in [0.2, 0.25) is 0 Å². The predicted molar refractivity (Wildman–Crippen MR) is 57.3 cm³/mol. The van der Waals surface area contributed by atoms with E-state index in [2.05, 4.69) is 28.3 Å². The summed E-state index contributed by atoms with van der Waals surface area (Å²) < 4.78 is 3.88. The second-order valence-corrected chi connectivity index (χ2v) is 3.71. The first-order valence-electron chi connectivity index (χ1n) is 4.90. The molecule has 0 aliphatic carbocycles. The molecule has 1 rings (SSSR count). The largest absolute Gasteiger partial charge is 0.354 e. The van der Waals surface area contributed by atoms with E-state index < -0.39 is 0 Å². The number of unbranched alkanes of at least 4 members (excludes halogenated alkanes) is 1. The van der Waals surface area contributed by atoms with Gasteiger partial charge in [-0.1, -0.05) is 24.8 Å². The number of hydrogen-bond donors (Lipinski definition) is 0. The fourth-order valence-corrected chi connectivity index (χ4v) is 1.73. The maximum atomic E-state index is 4.08. The Bertz CT molecular complexity index is 211. The van der Waals surface area contributed by atoms with E-state index in [4.69, 9.17) is 0 Å². The monoisotopic (exact) mass is 199 g/mol. The molecule has 0 amide bonds. The van der Waals surface area contributed by atoms with E-state index in [1.165, 1.54) is 30.8 Å². The topological polar surface area (TPSA) is 29.0 Å². The van der Waals surface area contributed by atoms with Gasteiger partial charge in [0.1, 0.15) is 0 Å². The molecule has 0 aliphatic heterocycles. The van der Waals surface area contributed by atoms with Gasteiger partial charge >= 0.3 is 0 Å². The van der Waals surface area contributed by atoms with Crippen molar-refractivity contribution in [2.45, 2.75) is 33.1 Å². The van der Waals surface area contributed by atoms with E-state index in [0.717, 1.165) is 18.9 Å². The van der Waals surface area contributed by atoms with Crippen molar-refractivity contribution < 1.29 is 0 Å². The van der Waals surface area contributed by atoms with Crippen LogP contribution in [0.1, 0.15) is 33.1 Å². The SMILES string of the molecule is CCCCN(CCC)c1csnn1. The molecule has 13 heavy (non-hydrogen) atoms. The van der Waals surface area contributed by atoms with E-state index in [1.807, 2.05) is 5.38 Å². The molecule has 0 unspecified atom stereocenters. The van der Waals surface area contributed by atoms with E-state index in [0.29, 0.717) is 0 Å². The number of rotatable bonds is 6. The molecular formula is C9H17N3S. The van der Waals surface area contributed by atoms with Crippen LogP contribution in [0.3, 0.4) is 0 Å². The summed E-state index contributed by atoms with van der Waals surface area (Å²) >= 11 is 1.42. The maximum Gasteiger partial charge on any atom is 0.163 e. The first-order chi connectivity index (χ1) is 6.38. The maximum absolute atomic E-state index is 4.08. The molecule has 0 radical (unpaired) electrons. The molecule has 0 aliphatic rings. The highest BCUT2D eigenvalue weighted by Crippen LogP contribution is 2.12. The summed E-state index contributed by atoms with van der Waals surface area (Å²) in [6.07, 6.45) is 3.64. The Morgan fingerprint density at radius 2 is 2.15 bits per heavy atom. The number of anilines is 1. The molecule has 0 aromatic carbocycles. The lowest BCUT2D eigenvalue weighted by Gasteiger charge is -2.20. The third-order valence-corrected chi connectivity index (χ3v) is 2.44. The van der Waals surface area contributed by atoms with Gasteiger partial charge in [-0.3, -0.25) is 0 Å². The van der Waals surface area contributed by atoms with E-state index in [1.54, 1.807) is 0 Å². The zero-order chi connectivity index (χ0) is 9.52. The molecule has 4 heteroatoms. The second-order valence-electron chi connectivity index (χ2n) is 3.10. The van der Waals surface area contributed by atoms with Crippen LogP contribution in [-0.4, -0.2) is 22.7 Å². The Labute approximate surface area is 83.9 Å². The van der Waals surface area contributed by atoms with Gasteiger partial charge in [0.25, 0.3) is 0 Å². The van der Waals surface area contributed by atoms with Crippen LogP contribution in [0, 0.1) is 0 Å². The highest BCUT2D eigenvalue weighted by atomic mass is 32.1. The first-order valence-corrected chi connectivity index (χ1v) is 5.74. The number of aromatic nitrogens is 2. The van der Waals surface area contributed by atoms with Crippen molar-refractivity contribution in [3.63, 3.8) is 0 Å². The minimum Gasteiger partial charge on any atom is -0.354 e. The Morgan fingerprint density at radius 1 is 1.31 bits per heavy atom. The Hall–Kier alpha value is -0.640. The summed E-state index contributed by atoms with van der Waals surface area (Å²) in [5.41, 5.74) is 0. The van der Waals surface area contributed by atoms with Crippen LogP contribution in [-0.2, 0) is 0 Å². The summed E-state index contributed by atoms with van der Waals surface area (Å²) in [5, 5.41) is 6.10. The van der Waals surface area contributed by atoms with Gasteiger partial charge in [-0.25, -0.2) is 0 Å². The number of nitrogens with zero attached hydrogens (tertiary/aromatic N) is 3. The quantitative estimate of drug-likeness (QED) is 0.705. The van der Waals surface area contributed by atoms with E-state index in [9.17, 15) is 0 Å².